The fourth-order valence-corrected chi connectivity index (χ4v) is 9.75. The molecule has 5 atom stereocenters. The van der Waals surface area contributed by atoms with E-state index in [0.29, 0.717) is 12.8 Å². The predicted octanol–water partition coefficient (Wildman–Crippen LogP) is 16.0. The summed E-state index contributed by atoms with van der Waals surface area (Å²) >= 11 is 0. The maximum Gasteiger partial charge on any atom is 0.472 e. The SMILES string of the molecule is CCCCCCCCCC=CCCCCCCCCCCCCCCC(=O)OC[C@H](COP(=O)(O)OC[C@@H](O)[C@@H](O)[C@H](O)CO)OC(=O)CCCCCCCCCCCCCC/C=C\CCCCCCCCC. The van der Waals surface area contributed by atoms with Gasteiger partial charge in [0.25, 0.3) is 0 Å². The Bertz CT molecular complexity index is 1300. The Morgan fingerprint density at radius 1 is 0.411 bits per heavy atom. The molecular formula is C60H115O12P. The summed E-state index contributed by atoms with van der Waals surface area (Å²) in [5.74, 6) is -1.00. The summed E-state index contributed by atoms with van der Waals surface area (Å²) in [5, 5.41) is 38.3. The van der Waals surface area contributed by atoms with Crippen molar-refractivity contribution >= 4 is 19.8 Å². The Morgan fingerprint density at radius 3 is 1.05 bits per heavy atom. The molecule has 0 aliphatic carbocycles. The molecule has 0 rings (SSSR count). The highest BCUT2D eigenvalue weighted by Gasteiger charge is 2.30. The summed E-state index contributed by atoms with van der Waals surface area (Å²) in [6.45, 7) is 1.81. The van der Waals surface area contributed by atoms with Gasteiger partial charge >= 0.3 is 19.8 Å². The second-order valence-electron chi connectivity index (χ2n) is 21.0. The molecule has 13 heteroatoms. The van der Waals surface area contributed by atoms with Crippen LogP contribution in [0.3, 0.4) is 0 Å². The van der Waals surface area contributed by atoms with Gasteiger partial charge in [0.15, 0.2) is 6.10 Å². The number of aliphatic hydroxyl groups is 4. The van der Waals surface area contributed by atoms with E-state index in [4.69, 9.17) is 23.6 Å². The highest BCUT2D eigenvalue weighted by atomic mass is 31.2. The van der Waals surface area contributed by atoms with Crippen molar-refractivity contribution in [2.75, 3.05) is 26.4 Å². The lowest BCUT2D eigenvalue weighted by atomic mass is 10.0. The monoisotopic (exact) mass is 1060 g/mol. The van der Waals surface area contributed by atoms with Gasteiger partial charge in [0.2, 0.25) is 0 Å². The van der Waals surface area contributed by atoms with Crippen molar-refractivity contribution in [2.45, 2.75) is 321 Å². The summed E-state index contributed by atoms with van der Waals surface area (Å²) in [7, 11) is -4.83. The first-order chi connectivity index (χ1) is 35.6. The number of aliphatic hydroxyl groups excluding tert-OH is 4. The van der Waals surface area contributed by atoms with Crippen LogP contribution in [0, 0.1) is 0 Å². The molecule has 0 radical (unpaired) electrons. The van der Waals surface area contributed by atoms with E-state index in [1.807, 2.05) is 0 Å². The van der Waals surface area contributed by atoms with Crippen LogP contribution in [0.2, 0.25) is 0 Å². The highest BCUT2D eigenvalue weighted by molar-refractivity contribution is 7.47. The van der Waals surface area contributed by atoms with Crippen molar-refractivity contribution in [2.24, 2.45) is 0 Å². The number of hydrogen-bond acceptors (Lipinski definition) is 11. The number of hydrogen-bond donors (Lipinski definition) is 5. The maximum absolute atomic E-state index is 12.8. The molecule has 0 aliphatic heterocycles. The van der Waals surface area contributed by atoms with Crippen LogP contribution >= 0.6 is 7.82 Å². The standard InChI is InChI=1S/C60H115O12P/c1-3-5-7-9-11-13-15-17-19-21-23-25-27-29-31-33-35-37-39-41-43-45-47-49-58(64)69-52-55(53-70-73(67,68)71-54-57(63)60(66)56(62)51-61)72-59(65)50-48-46-44-42-40-38-36-34-32-30-28-26-24-22-20-18-16-14-12-10-8-6-4-2/h19-22,55-57,60-63,66H,3-18,23-54H2,1-2H3,(H,67,68)/b21-19?,22-20-/t55-,56-,57-,60+/m1/s1. The molecule has 432 valence electrons. The summed E-state index contributed by atoms with van der Waals surface area (Å²) in [4.78, 5) is 35.6. The molecule has 0 saturated carbocycles. The average Bonchev–Trinajstić information content (AvgIpc) is 3.38. The van der Waals surface area contributed by atoms with Crippen molar-refractivity contribution in [1.29, 1.82) is 0 Å². The molecule has 0 aromatic rings. The zero-order valence-electron chi connectivity index (χ0n) is 47.1. The third-order valence-electron chi connectivity index (χ3n) is 13.8. The first-order valence-electron chi connectivity index (χ1n) is 30.5. The molecule has 0 aliphatic rings. The Labute approximate surface area is 447 Å². The van der Waals surface area contributed by atoms with E-state index in [-0.39, 0.29) is 19.4 Å². The quantitative estimate of drug-likeness (QED) is 0.0168. The van der Waals surface area contributed by atoms with Crippen LogP contribution in [-0.2, 0) is 32.7 Å². The fraction of sp³-hybridized carbons (Fsp3) is 0.900. The number of rotatable bonds is 58. The minimum Gasteiger partial charge on any atom is -0.462 e. The predicted molar refractivity (Wildman–Crippen MR) is 300 cm³/mol. The first-order valence-corrected chi connectivity index (χ1v) is 32.0. The zero-order chi connectivity index (χ0) is 53.6. The van der Waals surface area contributed by atoms with Crippen molar-refractivity contribution in [3.8, 4) is 0 Å². The van der Waals surface area contributed by atoms with Crippen LogP contribution in [0.4, 0.5) is 0 Å². The molecule has 0 saturated heterocycles. The first kappa shape index (κ1) is 71.4. The number of carbonyl (C=O) groups excluding carboxylic acids is 2. The summed E-state index contributed by atoms with van der Waals surface area (Å²) in [6, 6.07) is 0. The molecule has 0 heterocycles. The van der Waals surface area contributed by atoms with Gasteiger partial charge in [0.1, 0.15) is 24.9 Å². The van der Waals surface area contributed by atoms with Gasteiger partial charge in [0.05, 0.1) is 19.8 Å². The molecule has 0 spiro atoms. The average molecular weight is 1060 g/mol. The van der Waals surface area contributed by atoms with Crippen LogP contribution in [-0.4, -0.2) is 88.1 Å². The minimum atomic E-state index is -4.83. The molecule has 0 fully saturated rings. The highest BCUT2D eigenvalue weighted by Crippen LogP contribution is 2.43. The van der Waals surface area contributed by atoms with Gasteiger partial charge in [-0.3, -0.25) is 18.6 Å². The van der Waals surface area contributed by atoms with Gasteiger partial charge in [-0.15, -0.1) is 0 Å². The van der Waals surface area contributed by atoms with Crippen molar-refractivity contribution < 1.29 is 58.0 Å². The van der Waals surface area contributed by atoms with Crippen LogP contribution in [0.5, 0.6) is 0 Å². The topological polar surface area (TPSA) is 189 Å². The van der Waals surface area contributed by atoms with Crippen LogP contribution < -0.4 is 0 Å². The van der Waals surface area contributed by atoms with E-state index in [1.165, 1.54) is 218 Å². The number of phosphoric ester groups is 1. The third kappa shape index (κ3) is 52.2. The van der Waals surface area contributed by atoms with E-state index in [9.17, 15) is 34.4 Å². The van der Waals surface area contributed by atoms with Crippen molar-refractivity contribution in [1.82, 2.24) is 0 Å². The van der Waals surface area contributed by atoms with Crippen molar-refractivity contribution in [3.05, 3.63) is 24.3 Å². The van der Waals surface area contributed by atoms with Crippen molar-refractivity contribution in [3.63, 3.8) is 0 Å². The van der Waals surface area contributed by atoms with E-state index in [1.54, 1.807) is 0 Å². The second kappa shape index (κ2) is 55.1. The lowest BCUT2D eigenvalue weighted by molar-refractivity contribution is -0.161. The van der Waals surface area contributed by atoms with Gasteiger partial charge in [0, 0.05) is 12.8 Å². The molecule has 12 nitrogen and oxygen atoms in total. The number of ether oxygens (including phenoxy) is 2. The number of carbonyl (C=O) groups is 2. The summed E-state index contributed by atoms with van der Waals surface area (Å²) in [6.07, 6.45) is 55.3. The molecule has 1 unspecified atom stereocenters. The molecule has 0 amide bonds. The van der Waals surface area contributed by atoms with Crippen LogP contribution in [0.1, 0.15) is 296 Å². The lowest BCUT2D eigenvalue weighted by Crippen LogP contribution is -2.41. The normalized spacial score (nSPS) is 14.5. The van der Waals surface area contributed by atoms with Gasteiger partial charge in [-0.25, -0.2) is 4.57 Å². The molecule has 0 bridgehead atoms. The van der Waals surface area contributed by atoms with E-state index in [0.717, 1.165) is 38.5 Å². The molecule has 0 aromatic carbocycles. The Balaban J connectivity index is 4.28. The second-order valence-corrected chi connectivity index (χ2v) is 22.4. The fourth-order valence-electron chi connectivity index (χ4n) is 8.98. The Morgan fingerprint density at radius 2 is 0.712 bits per heavy atom. The van der Waals surface area contributed by atoms with Gasteiger partial charge in [-0.1, -0.05) is 244 Å². The smallest absolute Gasteiger partial charge is 0.462 e. The maximum atomic E-state index is 12.8. The Kier molecular flexibility index (Phi) is 53.9. The summed E-state index contributed by atoms with van der Waals surface area (Å²) in [5.41, 5.74) is 0. The molecule has 73 heavy (non-hydrogen) atoms. The zero-order valence-corrected chi connectivity index (χ0v) is 48.0. The van der Waals surface area contributed by atoms with Gasteiger partial charge < -0.3 is 34.8 Å². The van der Waals surface area contributed by atoms with E-state index < -0.39 is 64.0 Å². The van der Waals surface area contributed by atoms with Crippen LogP contribution in [0.15, 0.2) is 24.3 Å². The van der Waals surface area contributed by atoms with Crippen LogP contribution in [0.25, 0.3) is 0 Å². The number of phosphoric acid groups is 1. The number of esters is 2. The van der Waals surface area contributed by atoms with E-state index >= 15 is 0 Å². The Hall–Kier alpha value is -1.63. The third-order valence-corrected chi connectivity index (χ3v) is 14.8. The minimum absolute atomic E-state index is 0.140. The van der Waals surface area contributed by atoms with Gasteiger partial charge in [-0.2, -0.15) is 0 Å². The number of unbranched alkanes of at least 4 members (excludes halogenated alkanes) is 38. The number of allylic oxidation sites excluding steroid dienone is 4. The molecule has 0 aromatic heterocycles. The molecule has 5 N–H and O–H groups in total. The van der Waals surface area contributed by atoms with Gasteiger partial charge in [-0.05, 0) is 64.2 Å². The van der Waals surface area contributed by atoms with E-state index in [2.05, 4.69) is 38.2 Å². The largest absolute Gasteiger partial charge is 0.472 e. The lowest BCUT2D eigenvalue weighted by Gasteiger charge is -2.23. The summed E-state index contributed by atoms with van der Waals surface area (Å²) < 4.78 is 33.3. The molecular weight excluding hydrogens is 944 g/mol.